The minimum atomic E-state index is -0.655. The third kappa shape index (κ3) is 11.2. The lowest BCUT2D eigenvalue weighted by atomic mass is 10.1. The fourth-order valence-electron chi connectivity index (χ4n) is 7.27. The Morgan fingerprint density at radius 1 is 0.742 bits per heavy atom. The van der Waals surface area contributed by atoms with E-state index in [2.05, 4.69) is 68.1 Å². The maximum Gasteiger partial charge on any atom is 0.407 e. The first-order valence-electron chi connectivity index (χ1n) is 19.9. The lowest BCUT2D eigenvalue weighted by Gasteiger charge is -2.27. The fourth-order valence-corrected chi connectivity index (χ4v) is 7.27. The van der Waals surface area contributed by atoms with Gasteiger partial charge in [0.2, 0.25) is 0 Å². The molecule has 8 rings (SSSR count). The third-order valence-corrected chi connectivity index (χ3v) is 10.3. The number of aromatic amines is 2. The van der Waals surface area contributed by atoms with Crippen molar-refractivity contribution in [3.63, 3.8) is 0 Å². The molecule has 324 valence electrons. The second-order valence-electron chi connectivity index (χ2n) is 14.0. The number of H-pyrrole nitrogens is 2. The summed E-state index contributed by atoms with van der Waals surface area (Å²) in [7, 11) is 6.45. The minimum Gasteiger partial charge on any atom is -0.453 e. The van der Waals surface area contributed by atoms with Crippen molar-refractivity contribution in [3.8, 4) is 34.2 Å². The van der Waals surface area contributed by atoms with Crippen molar-refractivity contribution in [1.82, 2.24) is 55.4 Å². The van der Waals surface area contributed by atoms with E-state index in [-0.39, 0.29) is 11.9 Å². The molecule has 5 N–H and O–H groups in total. The van der Waals surface area contributed by atoms with Gasteiger partial charge in [-0.3, -0.25) is 9.69 Å². The standard InChI is InChI=1S/C32H34N10O2.C10H11NO3.CH5N.CH2O/c1-41-16-6-10-27(41)30-33-18-25(35-30)23-14-12-21(37-39-23)22-13-15-24(40-38-22)26-19-34-31(36-26)28-11-7-17-42(28)32(43)29(44-2)20-8-4-3-5-9-20;1-14-10(13)11-9(7-12)8-5-3-2-4-6-8;2*1-2/h3-5,8-9,12-15,18-19,27-29H,6-7,10-11,16-17H2,1-2H3,(H,33,35)(H,34,36);2-7,9H,1H3,(H,11,13);2H2,1H3;1H2/t27-,28-,29?;;;/m0.../s1. The van der Waals surface area contributed by atoms with Crippen molar-refractivity contribution in [1.29, 1.82) is 0 Å². The van der Waals surface area contributed by atoms with E-state index in [0.29, 0.717) is 36.0 Å². The predicted octanol–water partition coefficient (Wildman–Crippen LogP) is 5.20. The van der Waals surface area contributed by atoms with Gasteiger partial charge in [0.25, 0.3) is 5.91 Å². The molecule has 6 heterocycles. The Balaban J connectivity index is 0.000000341. The quantitative estimate of drug-likeness (QED) is 0.123. The van der Waals surface area contributed by atoms with Crippen LogP contribution in [-0.4, -0.2) is 117 Å². The highest BCUT2D eigenvalue weighted by Crippen LogP contribution is 2.35. The molecular formula is C44H52N12O6. The Kier molecular flexibility index (Phi) is 17.2. The number of imidazole rings is 2. The van der Waals surface area contributed by atoms with E-state index in [0.717, 1.165) is 65.7 Å². The topological polar surface area (TPSA) is 240 Å². The Morgan fingerprint density at radius 2 is 1.23 bits per heavy atom. The van der Waals surface area contributed by atoms with E-state index in [1.165, 1.54) is 20.6 Å². The number of aromatic nitrogens is 8. The van der Waals surface area contributed by atoms with Gasteiger partial charge in [0.1, 0.15) is 53.5 Å². The summed E-state index contributed by atoms with van der Waals surface area (Å²) in [4.78, 5) is 63.2. The van der Waals surface area contributed by atoms with Crippen molar-refractivity contribution in [2.75, 3.05) is 41.4 Å². The van der Waals surface area contributed by atoms with Gasteiger partial charge >= 0.3 is 6.09 Å². The average molecular weight is 845 g/mol. The van der Waals surface area contributed by atoms with Gasteiger partial charge in [0.15, 0.2) is 6.10 Å². The van der Waals surface area contributed by atoms with E-state index in [1.807, 2.05) is 78.5 Å². The number of carbonyl (C=O) groups excluding carboxylic acids is 4. The molecule has 2 unspecified atom stereocenters. The molecule has 4 atom stereocenters. The molecule has 18 heteroatoms. The number of hydrogen-bond acceptors (Lipinski definition) is 14. The summed E-state index contributed by atoms with van der Waals surface area (Å²) < 4.78 is 10.0. The van der Waals surface area contributed by atoms with Crippen LogP contribution < -0.4 is 11.1 Å². The fraction of sp³-hybridized carbons (Fsp3) is 0.318. The van der Waals surface area contributed by atoms with Gasteiger partial charge < -0.3 is 45.0 Å². The number of methoxy groups -OCH3 is 2. The second-order valence-corrected chi connectivity index (χ2v) is 14.0. The molecule has 0 aliphatic carbocycles. The maximum atomic E-state index is 13.5. The van der Waals surface area contributed by atoms with Gasteiger partial charge in [-0.25, -0.2) is 14.8 Å². The number of aldehydes is 1. The number of alkyl carbamates (subject to hydrolysis) is 1. The molecule has 2 saturated heterocycles. The summed E-state index contributed by atoms with van der Waals surface area (Å²) in [6.45, 7) is 3.74. The van der Waals surface area contributed by atoms with Crippen molar-refractivity contribution in [3.05, 3.63) is 120 Å². The number of nitrogens with two attached hydrogens (primary N) is 1. The van der Waals surface area contributed by atoms with E-state index in [9.17, 15) is 14.4 Å². The van der Waals surface area contributed by atoms with Crippen LogP contribution in [0.1, 0.15) is 72.7 Å². The molecule has 18 nitrogen and oxygen atoms in total. The maximum absolute atomic E-state index is 13.5. The zero-order chi connectivity index (χ0) is 44.4. The molecule has 2 fully saturated rings. The van der Waals surface area contributed by atoms with Crippen molar-refractivity contribution in [2.24, 2.45) is 5.73 Å². The normalized spacial score (nSPS) is 16.6. The zero-order valence-electron chi connectivity index (χ0n) is 35.2. The molecule has 0 bridgehead atoms. The summed E-state index contributed by atoms with van der Waals surface area (Å²) in [5, 5.41) is 20.0. The number of nitrogens with zero attached hydrogens (tertiary/aromatic N) is 8. The molecule has 4 aromatic heterocycles. The number of nitrogens with one attached hydrogen (secondary N) is 3. The smallest absolute Gasteiger partial charge is 0.407 e. The molecule has 2 amide bonds. The Morgan fingerprint density at radius 3 is 1.69 bits per heavy atom. The Labute approximate surface area is 359 Å². The molecule has 6 aromatic rings. The first kappa shape index (κ1) is 46.1. The molecule has 2 aliphatic heterocycles. The number of likely N-dealkylation sites (tertiary alicyclic amines) is 2. The summed E-state index contributed by atoms with van der Waals surface area (Å²) in [5.41, 5.74) is 10.3. The number of ether oxygens (including phenoxy) is 2. The van der Waals surface area contributed by atoms with Crippen LogP contribution in [0.15, 0.2) is 97.3 Å². The SMILES string of the molecule is C=O.CN.COC(=O)NC(C=O)c1ccccc1.COC(C(=O)N1CCC[C@H]1c1ncc(-c2ccc(-c3ccc(-c4cnc([C@@H]5CCCN5C)[nH]4)nn3)nn2)[nH]1)c1ccccc1. The highest BCUT2D eigenvalue weighted by molar-refractivity contribution is 5.83. The minimum absolute atomic E-state index is 0.0650. The largest absolute Gasteiger partial charge is 0.453 e. The summed E-state index contributed by atoms with van der Waals surface area (Å²) >= 11 is 0. The third-order valence-electron chi connectivity index (χ3n) is 10.3. The number of benzene rings is 2. The van der Waals surface area contributed by atoms with Crippen LogP contribution in [0.5, 0.6) is 0 Å². The summed E-state index contributed by atoms with van der Waals surface area (Å²) in [6, 6.07) is 25.6. The van der Waals surface area contributed by atoms with Gasteiger partial charge in [-0.2, -0.15) is 0 Å². The molecule has 2 aliphatic rings. The van der Waals surface area contributed by atoms with Crippen LogP contribution in [-0.2, 0) is 23.9 Å². The summed E-state index contributed by atoms with van der Waals surface area (Å²) in [6.07, 6.45) is 6.93. The molecular weight excluding hydrogens is 793 g/mol. The van der Waals surface area contributed by atoms with Crippen LogP contribution in [0.4, 0.5) is 4.79 Å². The lowest BCUT2D eigenvalue weighted by molar-refractivity contribution is -0.143. The first-order valence-corrected chi connectivity index (χ1v) is 19.9. The number of hydrogen-bond donors (Lipinski definition) is 4. The van der Waals surface area contributed by atoms with E-state index >= 15 is 0 Å². The monoisotopic (exact) mass is 844 g/mol. The Bertz CT molecular complexity index is 2290. The predicted molar refractivity (Wildman–Crippen MR) is 231 cm³/mol. The van der Waals surface area contributed by atoms with Crippen LogP contribution in [0, 0.1) is 0 Å². The van der Waals surface area contributed by atoms with Gasteiger partial charge in [0.05, 0.1) is 43.0 Å². The highest BCUT2D eigenvalue weighted by Gasteiger charge is 2.36. The molecule has 2 aromatic carbocycles. The number of rotatable bonds is 11. The first-order chi connectivity index (χ1) is 30.4. The molecule has 0 radical (unpaired) electrons. The molecule has 0 spiro atoms. The highest BCUT2D eigenvalue weighted by atomic mass is 16.5. The number of amides is 2. The summed E-state index contributed by atoms with van der Waals surface area (Å²) in [5.74, 6) is 1.63. The lowest BCUT2D eigenvalue weighted by Crippen LogP contribution is -2.35. The molecule has 0 saturated carbocycles. The van der Waals surface area contributed by atoms with Gasteiger partial charge in [-0.05, 0) is 81.7 Å². The Hall–Kier alpha value is -7.02. The number of carbonyl (C=O) groups is 4. The average Bonchev–Trinajstić information content (AvgIpc) is 4.19. The van der Waals surface area contributed by atoms with Crippen LogP contribution >= 0.6 is 0 Å². The van der Waals surface area contributed by atoms with Gasteiger partial charge in [-0.15, -0.1) is 20.4 Å². The van der Waals surface area contributed by atoms with Crippen LogP contribution in [0.2, 0.25) is 0 Å². The van der Waals surface area contributed by atoms with Crippen LogP contribution in [0.25, 0.3) is 34.2 Å². The molecule has 62 heavy (non-hydrogen) atoms. The zero-order valence-corrected chi connectivity index (χ0v) is 35.2. The van der Waals surface area contributed by atoms with Crippen molar-refractivity contribution in [2.45, 2.75) is 49.9 Å². The van der Waals surface area contributed by atoms with E-state index in [4.69, 9.17) is 9.53 Å². The van der Waals surface area contributed by atoms with Crippen molar-refractivity contribution < 1.29 is 28.7 Å². The van der Waals surface area contributed by atoms with E-state index in [1.54, 1.807) is 37.6 Å². The van der Waals surface area contributed by atoms with Gasteiger partial charge in [-0.1, -0.05) is 60.7 Å². The second kappa shape index (κ2) is 23.1. The van der Waals surface area contributed by atoms with Crippen molar-refractivity contribution >= 4 is 25.1 Å². The van der Waals surface area contributed by atoms with Gasteiger partial charge in [0, 0.05) is 13.7 Å². The van der Waals surface area contributed by atoms with E-state index < -0.39 is 18.2 Å². The van der Waals surface area contributed by atoms with Crippen LogP contribution in [0.3, 0.4) is 0 Å².